The van der Waals surface area contributed by atoms with E-state index < -0.39 is 0 Å². The standard InChI is InChI=1S/C27H39BrN6O3/c1-19(2)8-13-24(35)29-15-17-37-22-11-9-21(10-12-22)32-27-31-18-23(28)25(33-27)30-14-5-16-34(3)26(36)20-6-4-7-20/h9-12,18-20H,4-8,13-17H2,1-3H3,(H,29,35)(H2,30,31,32,33). The fourth-order valence-electron chi connectivity index (χ4n) is 3.78. The van der Waals surface area contributed by atoms with Crippen molar-refractivity contribution in [1.82, 2.24) is 20.2 Å². The number of nitrogens with zero attached hydrogens (tertiary/aromatic N) is 3. The van der Waals surface area contributed by atoms with E-state index in [1.807, 2.05) is 36.2 Å². The van der Waals surface area contributed by atoms with Crippen LogP contribution in [0.4, 0.5) is 17.5 Å². The number of anilines is 3. The van der Waals surface area contributed by atoms with Crippen LogP contribution < -0.4 is 20.7 Å². The summed E-state index contributed by atoms with van der Waals surface area (Å²) in [6.07, 6.45) is 7.20. The first-order valence-electron chi connectivity index (χ1n) is 13.1. The van der Waals surface area contributed by atoms with Gasteiger partial charge in [0, 0.05) is 44.4 Å². The van der Waals surface area contributed by atoms with Crippen molar-refractivity contribution in [2.75, 3.05) is 43.9 Å². The topological polar surface area (TPSA) is 108 Å². The number of rotatable bonds is 15. The average molecular weight is 576 g/mol. The Morgan fingerprint density at radius 1 is 1.19 bits per heavy atom. The van der Waals surface area contributed by atoms with Crippen molar-refractivity contribution in [3.8, 4) is 5.75 Å². The van der Waals surface area contributed by atoms with Gasteiger partial charge in [0.15, 0.2) is 0 Å². The number of hydrogen-bond acceptors (Lipinski definition) is 7. The second-order valence-electron chi connectivity index (χ2n) is 9.84. The number of hydrogen-bond donors (Lipinski definition) is 3. The van der Waals surface area contributed by atoms with Crippen molar-refractivity contribution in [2.24, 2.45) is 11.8 Å². The molecule has 0 spiro atoms. The van der Waals surface area contributed by atoms with Gasteiger partial charge in [-0.1, -0.05) is 20.3 Å². The highest BCUT2D eigenvalue weighted by Crippen LogP contribution is 2.28. The van der Waals surface area contributed by atoms with Crippen molar-refractivity contribution in [3.63, 3.8) is 0 Å². The first-order valence-corrected chi connectivity index (χ1v) is 13.9. The lowest BCUT2D eigenvalue weighted by molar-refractivity contribution is -0.136. The van der Waals surface area contributed by atoms with E-state index in [9.17, 15) is 9.59 Å². The number of ether oxygens (including phenoxy) is 1. The van der Waals surface area contributed by atoms with Gasteiger partial charge in [0.05, 0.1) is 11.0 Å². The molecule has 1 aliphatic rings. The summed E-state index contributed by atoms with van der Waals surface area (Å²) in [5.41, 5.74) is 0.832. The van der Waals surface area contributed by atoms with Crippen molar-refractivity contribution in [2.45, 2.75) is 52.4 Å². The summed E-state index contributed by atoms with van der Waals surface area (Å²) in [5.74, 6) is 2.97. The van der Waals surface area contributed by atoms with Crippen LogP contribution in [0.25, 0.3) is 0 Å². The normalized spacial score (nSPS) is 13.1. The number of amides is 2. The second kappa shape index (κ2) is 14.8. The molecule has 10 heteroatoms. The average Bonchev–Trinajstić information content (AvgIpc) is 2.84. The lowest BCUT2D eigenvalue weighted by Crippen LogP contribution is -2.37. The summed E-state index contributed by atoms with van der Waals surface area (Å²) in [6, 6.07) is 7.51. The molecule has 1 heterocycles. The van der Waals surface area contributed by atoms with E-state index in [4.69, 9.17) is 4.74 Å². The first-order chi connectivity index (χ1) is 17.8. The van der Waals surface area contributed by atoms with Gasteiger partial charge >= 0.3 is 0 Å². The van der Waals surface area contributed by atoms with E-state index in [2.05, 4.69) is 55.7 Å². The molecule has 2 aromatic rings. The van der Waals surface area contributed by atoms with Crippen LogP contribution in [-0.2, 0) is 9.59 Å². The molecule has 0 bridgehead atoms. The van der Waals surface area contributed by atoms with E-state index in [1.165, 1.54) is 6.42 Å². The Kier molecular flexibility index (Phi) is 11.4. The summed E-state index contributed by atoms with van der Waals surface area (Å²) in [5, 5.41) is 9.41. The summed E-state index contributed by atoms with van der Waals surface area (Å²) >= 11 is 3.50. The molecule has 1 aromatic heterocycles. The van der Waals surface area contributed by atoms with Gasteiger partial charge in [-0.15, -0.1) is 0 Å². The Balaban J connectivity index is 1.39. The second-order valence-corrected chi connectivity index (χ2v) is 10.7. The van der Waals surface area contributed by atoms with Gasteiger partial charge in [0.1, 0.15) is 18.2 Å². The predicted molar refractivity (Wildman–Crippen MR) is 150 cm³/mol. The highest BCUT2D eigenvalue weighted by atomic mass is 79.9. The summed E-state index contributed by atoms with van der Waals surface area (Å²) < 4.78 is 6.49. The third-order valence-electron chi connectivity index (χ3n) is 6.29. The SMILES string of the molecule is CC(C)CCC(=O)NCCOc1ccc(Nc2ncc(Br)c(NCCCN(C)C(=O)C3CCC3)n2)cc1. The Hall–Kier alpha value is -2.88. The largest absolute Gasteiger partial charge is 0.492 e. The highest BCUT2D eigenvalue weighted by molar-refractivity contribution is 9.10. The van der Waals surface area contributed by atoms with Gasteiger partial charge in [-0.25, -0.2) is 4.98 Å². The van der Waals surface area contributed by atoms with Gasteiger partial charge in [0.2, 0.25) is 17.8 Å². The van der Waals surface area contributed by atoms with Gasteiger partial charge in [-0.2, -0.15) is 4.98 Å². The number of nitrogens with one attached hydrogen (secondary N) is 3. The molecular weight excluding hydrogens is 536 g/mol. The summed E-state index contributed by atoms with van der Waals surface area (Å²) in [7, 11) is 1.88. The van der Waals surface area contributed by atoms with Gasteiger partial charge in [-0.05, 0) is 71.8 Å². The molecule has 3 rings (SSSR count). The smallest absolute Gasteiger partial charge is 0.229 e. The van der Waals surface area contributed by atoms with E-state index in [1.54, 1.807) is 6.20 Å². The summed E-state index contributed by atoms with van der Waals surface area (Å²) in [4.78, 5) is 34.8. The van der Waals surface area contributed by atoms with Gasteiger partial charge in [0.25, 0.3) is 0 Å². The van der Waals surface area contributed by atoms with Crippen molar-refractivity contribution in [3.05, 3.63) is 34.9 Å². The maximum Gasteiger partial charge on any atom is 0.229 e. The molecule has 1 aliphatic carbocycles. The van der Waals surface area contributed by atoms with Crippen molar-refractivity contribution >= 4 is 45.2 Å². The van der Waals surface area contributed by atoms with Crippen molar-refractivity contribution in [1.29, 1.82) is 0 Å². The van der Waals surface area contributed by atoms with Crippen LogP contribution in [0.1, 0.15) is 52.4 Å². The molecule has 1 fully saturated rings. The fraction of sp³-hybridized carbons (Fsp3) is 0.556. The molecule has 0 saturated heterocycles. The number of benzene rings is 1. The Bertz CT molecular complexity index is 1010. The molecule has 1 saturated carbocycles. The number of carbonyl (C=O) groups excluding carboxylic acids is 2. The molecule has 1 aromatic carbocycles. The highest BCUT2D eigenvalue weighted by Gasteiger charge is 2.27. The third kappa shape index (κ3) is 9.83. The fourth-order valence-corrected chi connectivity index (χ4v) is 4.11. The zero-order chi connectivity index (χ0) is 26.6. The summed E-state index contributed by atoms with van der Waals surface area (Å²) in [6.45, 7) is 6.52. The molecule has 0 radical (unpaired) electrons. The monoisotopic (exact) mass is 574 g/mol. The molecule has 2 amide bonds. The molecule has 0 unspecified atom stereocenters. The van der Waals surface area contributed by atoms with Crippen LogP contribution in [0, 0.1) is 11.8 Å². The zero-order valence-electron chi connectivity index (χ0n) is 22.1. The van der Waals surface area contributed by atoms with Gasteiger partial charge < -0.3 is 25.6 Å². The molecule has 3 N–H and O–H groups in total. The van der Waals surface area contributed by atoms with E-state index in [-0.39, 0.29) is 17.7 Å². The van der Waals surface area contributed by atoms with Crippen LogP contribution in [-0.4, -0.2) is 60.0 Å². The lowest BCUT2D eigenvalue weighted by atomic mass is 9.84. The maximum absolute atomic E-state index is 12.3. The van der Waals surface area contributed by atoms with Gasteiger partial charge in [-0.3, -0.25) is 9.59 Å². The molecular formula is C27H39BrN6O3. The van der Waals surface area contributed by atoms with Crippen LogP contribution in [0.5, 0.6) is 5.75 Å². The Labute approximate surface area is 228 Å². The predicted octanol–water partition coefficient (Wildman–Crippen LogP) is 4.97. The van der Waals surface area contributed by atoms with Crippen LogP contribution >= 0.6 is 15.9 Å². The minimum Gasteiger partial charge on any atom is -0.492 e. The number of aromatic nitrogens is 2. The van der Waals surface area contributed by atoms with E-state index in [0.717, 1.165) is 48.1 Å². The van der Waals surface area contributed by atoms with Crippen LogP contribution in [0.15, 0.2) is 34.9 Å². The Morgan fingerprint density at radius 3 is 2.62 bits per heavy atom. The van der Waals surface area contributed by atoms with E-state index in [0.29, 0.717) is 43.8 Å². The van der Waals surface area contributed by atoms with E-state index >= 15 is 0 Å². The third-order valence-corrected chi connectivity index (χ3v) is 6.87. The van der Waals surface area contributed by atoms with Crippen molar-refractivity contribution < 1.29 is 14.3 Å². The van der Waals surface area contributed by atoms with Crippen LogP contribution in [0.2, 0.25) is 0 Å². The molecule has 202 valence electrons. The molecule has 9 nitrogen and oxygen atoms in total. The first kappa shape index (κ1) is 28.7. The lowest BCUT2D eigenvalue weighted by Gasteiger charge is -2.29. The molecule has 0 atom stereocenters. The zero-order valence-corrected chi connectivity index (χ0v) is 23.6. The molecule has 0 aliphatic heterocycles. The minimum absolute atomic E-state index is 0.0617. The number of halogens is 1. The van der Waals surface area contributed by atoms with Crippen LogP contribution in [0.3, 0.4) is 0 Å². The maximum atomic E-state index is 12.3. The molecule has 37 heavy (non-hydrogen) atoms. The number of carbonyl (C=O) groups is 2. The Morgan fingerprint density at radius 2 is 1.95 bits per heavy atom. The quantitative estimate of drug-likeness (QED) is 0.257. The minimum atomic E-state index is 0.0617.